The van der Waals surface area contributed by atoms with E-state index in [1.807, 2.05) is 11.4 Å². The Morgan fingerprint density at radius 2 is 1.00 bits per heavy atom. The topological polar surface area (TPSA) is 18.5 Å². The van der Waals surface area contributed by atoms with Crippen LogP contribution in [0.15, 0.2) is 24.6 Å². The first kappa shape index (κ1) is 19.1. The Labute approximate surface area is 123 Å². The van der Waals surface area contributed by atoms with E-state index in [0.717, 1.165) is 0 Å². The van der Waals surface area contributed by atoms with Crippen LogP contribution in [0.2, 0.25) is 37.3 Å². The third kappa shape index (κ3) is 5.15. The molecule has 0 aromatic rings. The van der Waals surface area contributed by atoms with Gasteiger partial charge in [-0.05, 0) is 37.3 Å². The summed E-state index contributed by atoms with van der Waals surface area (Å²) >= 11 is 0. The summed E-state index contributed by atoms with van der Waals surface area (Å²) in [4.78, 5) is 0. The monoisotopic (exact) mass is 316 g/mol. The molecule has 0 saturated carbocycles. The molecule has 0 N–H and O–H groups in total. The van der Waals surface area contributed by atoms with Gasteiger partial charge in [-0.1, -0.05) is 39.1 Å². The first-order valence-electron chi connectivity index (χ1n) is 7.10. The van der Waals surface area contributed by atoms with Gasteiger partial charge in [-0.2, -0.15) is 0 Å². The summed E-state index contributed by atoms with van der Waals surface area (Å²) in [6.07, 6.45) is 0. The van der Waals surface area contributed by atoms with Crippen LogP contribution in [0.25, 0.3) is 0 Å². The van der Waals surface area contributed by atoms with Crippen LogP contribution in [0, 0.1) is 0 Å². The lowest BCUT2D eigenvalue weighted by atomic mass is 10.5. The zero-order chi connectivity index (χ0) is 15.5. The van der Waals surface area contributed by atoms with Crippen molar-refractivity contribution in [3.63, 3.8) is 0 Å². The van der Waals surface area contributed by atoms with Gasteiger partial charge in [0.15, 0.2) is 16.6 Å². The summed E-state index contributed by atoms with van der Waals surface area (Å²) in [6.45, 7) is 25.6. The highest BCUT2D eigenvalue weighted by Gasteiger charge is 2.50. The second-order valence-electron chi connectivity index (χ2n) is 6.85. The average molecular weight is 317 g/mol. The van der Waals surface area contributed by atoms with Crippen LogP contribution in [-0.2, 0) is 8.23 Å². The molecule has 0 rings (SSSR count). The maximum Gasteiger partial charge on any atom is 0.323 e. The molecule has 0 aromatic heterocycles. The van der Waals surface area contributed by atoms with Crippen LogP contribution in [0.4, 0.5) is 0 Å². The lowest BCUT2D eigenvalue weighted by molar-refractivity contribution is 0.349. The quantitative estimate of drug-likeness (QED) is 0.577. The molecule has 0 aliphatic carbocycles. The summed E-state index contributed by atoms with van der Waals surface area (Å²) in [7, 11) is -6.01. The van der Waals surface area contributed by atoms with Crippen LogP contribution in [0.1, 0.15) is 27.7 Å². The molecule has 19 heavy (non-hydrogen) atoms. The molecule has 0 fully saturated rings. The van der Waals surface area contributed by atoms with Crippen molar-refractivity contribution >= 4 is 25.2 Å². The van der Waals surface area contributed by atoms with E-state index in [1.54, 1.807) is 0 Å². The zero-order valence-corrected chi connectivity index (χ0v) is 17.0. The van der Waals surface area contributed by atoms with Gasteiger partial charge >= 0.3 is 8.56 Å². The molecule has 112 valence electrons. The van der Waals surface area contributed by atoms with Crippen molar-refractivity contribution in [1.82, 2.24) is 0 Å². The van der Waals surface area contributed by atoms with Gasteiger partial charge in [-0.3, -0.25) is 0 Å². The third-order valence-corrected chi connectivity index (χ3v) is 15.4. The molecule has 2 nitrogen and oxygen atoms in total. The Kier molecular flexibility index (Phi) is 6.69. The van der Waals surface area contributed by atoms with E-state index in [1.165, 1.54) is 0 Å². The lowest BCUT2D eigenvalue weighted by Gasteiger charge is -2.46. The first-order valence-corrected chi connectivity index (χ1v) is 15.0. The van der Waals surface area contributed by atoms with Gasteiger partial charge in [0.05, 0.1) is 0 Å². The van der Waals surface area contributed by atoms with E-state index in [4.69, 9.17) is 8.23 Å². The summed E-state index contributed by atoms with van der Waals surface area (Å²) < 4.78 is 13.3. The Morgan fingerprint density at radius 3 is 1.16 bits per heavy atom. The molecule has 0 unspecified atom stereocenters. The highest BCUT2D eigenvalue weighted by atomic mass is 28.5. The van der Waals surface area contributed by atoms with Crippen LogP contribution >= 0.6 is 0 Å². The maximum absolute atomic E-state index is 6.66. The van der Waals surface area contributed by atoms with Crippen molar-refractivity contribution in [3.8, 4) is 0 Å². The molecule has 0 aliphatic heterocycles. The van der Waals surface area contributed by atoms with E-state index >= 15 is 0 Å². The Hall–Kier alpha value is 0.0506. The Bertz CT molecular complexity index is 291. The Balaban J connectivity index is 5.57. The molecule has 5 heteroatoms. The minimum atomic E-state index is -2.28. The standard InChI is InChI=1S/C14H32O2Si3/c1-11-17(7,8)15-19(13(3)4,14(5)6)16-18(9,10)12-2/h11-14H,1-2H2,3-10H3. The van der Waals surface area contributed by atoms with Crippen LogP contribution < -0.4 is 0 Å². The van der Waals surface area contributed by atoms with Gasteiger partial charge in [0.1, 0.15) is 0 Å². The van der Waals surface area contributed by atoms with Crippen LogP contribution in [0.5, 0.6) is 0 Å². The predicted octanol–water partition coefficient (Wildman–Crippen LogP) is 5.14. The summed E-state index contributed by atoms with van der Waals surface area (Å²) in [5, 5.41) is 0. The van der Waals surface area contributed by atoms with Crippen molar-refractivity contribution in [1.29, 1.82) is 0 Å². The third-order valence-electron chi connectivity index (χ3n) is 3.44. The molecule has 0 amide bonds. The van der Waals surface area contributed by atoms with Crippen LogP contribution in [0.3, 0.4) is 0 Å². The first-order chi connectivity index (χ1) is 8.42. The molecular formula is C14H32O2Si3. The highest BCUT2D eigenvalue weighted by Crippen LogP contribution is 2.39. The summed E-state index contributed by atoms with van der Waals surface area (Å²) in [5.74, 6) is 0. The van der Waals surface area contributed by atoms with Gasteiger partial charge in [-0.15, -0.1) is 13.2 Å². The lowest BCUT2D eigenvalue weighted by Crippen LogP contribution is -2.59. The molecule has 0 atom stereocenters. The van der Waals surface area contributed by atoms with Crippen molar-refractivity contribution in [2.45, 2.75) is 65.0 Å². The fourth-order valence-corrected chi connectivity index (χ4v) is 15.0. The number of rotatable bonds is 8. The average Bonchev–Trinajstić information content (AvgIpc) is 2.27. The van der Waals surface area contributed by atoms with Gasteiger partial charge in [0.2, 0.25) is 0 Å². The molecule has 0 radical (unpaired) electrons. The van der Waals surface area contributed by atoms with Gasteiger partial charge in [0.25, 0.3) is 0 Å². The van der Waals surface area contributed by atoms with Crippen molar-refractivity contribution in [3.05, 3.63) is 24.6 Å². The Morgan fingerprint density at radius 1 is 0.737 bits per heavy atom. The van der Waals surface area contributed by atoms with Crippen molar-refractivity contribution in [2.24, 2.45) is 0 Å². The molecule has 0 heterocycles. The number of hydrogen-bond acceptors (Lipinski definition) is 2. The predicted molar refractivity (Wildman–Crippen MR) is 93.5 cm³/mol. The van der Waals surface area contributed by atoms with Gasteiger partial charge < -0.3 is 8.23 Å². The SMILES string of the molecule is C=C[Si](C)(C)O[Si](O[Si](C)(C)C=C)(C(C)C)C(C)C. The van der Waals surface area contributed by atoms with Gasteiger partial charge in [-0.25, -0.2) is 0 Å². The minimum Gasteiger partial charge on any atom is -0.433 e. The molecule has 0 bridgehead atoms. The van der Waals surface area contributed by atoms with E-state index in [0.29, 0.717) is 11.1 Å². The smallest absolute Gasteiger partial charge is 0.323 e. The minimum absolute atomic E-state index is 0.422. The fraction of sp³-hybridized carbons (Fsp3) is 0.714. The summed E-state index contributed by atoms with van der Waals surface area (Å²) in [6, 6.07) is 0. The van der Waals surface area contributed by atoms with Crippen molar-refractivity contribution in [2.75, 3.05) is 0 Å². The fourth-order valence-electron chi connectivity index (χ4n) is 2.06. The van der Waals surface area contributed by atoms with E-state index < -0.39 is 25.2 Å². The molecule has 0 aromatic carbocycles. The zero-order valence-electron chi connectivity index (χ0n) is 14.0. The number of hydrogen-bond donors (Lipinski definition) is 0. The summed E-state index contributed by atoms with van der Waals surface area (Å²) in [5.41, 5.74) is 4.85. The largest absolute Gasteiger partial charge is 0.433 e. The molecule has 0 spiro atoms. The normalized spacial score (nSPS) is 14.0. The molecule has 0 aliphatic rings. The van der Waals surface area contributed by atoms with E-state index in [-0.39, 0.29) is 0 Å². The second-order valence-corrected chi connectivity index (χ2v) is 19.5. The molecular weight excluding hydrogens is 284 g/mol. The van der Waals surface area contributed by atoms with Crippen LogP contribution in [-0.4, -0.2) is 25.2 Å². The maximum atomic E-state index is 6.66. The van der Waals surface area contributed by atoms with E-state index in [9.17, 15) is 0 Å². The molecule has 0 saturated heterocycles. The van der Waals surface area contributed by atoms with Crippen molar-refractivity contribution < 1.29 is 8.23 Å². The van der Waals surface area contributed by atoms with E-state index in [2.05, 4.69) is 67.0 Å². The second kappa shape index (κ2) is 6.67. The highest BCUT2D eigenvalue weighted by molar-refractivity contribution is 6.92. The van der Waals surface area contributed by atoms with Gasteiger partial charge in [0, 0.05) is 0 Å².